The van der Waals surface area contributed by atoms with Crippen molar-refractivity contribution in [3.05, 3.63) is 59.7 Å². The van der Waals surface area contributed by atoms with Crippen LogP contribution in [0.1, 0.15) is 20.7 Å². The molecule has 1 fully saturated rings. The van der Waals surface area contributed by atoms with Crippen molar-refractivity contribution in [1.29, 1.82) is 0 Å². The number of fused-ring (bicyclic) bond motifs is 1. The summed E-state index contributed by atoms with van der Waals surface area (Å²) < 4.78 is 5.46. The fourth-order valence-electron chi connectivity index (χ4n) is 3.72. The Bertz CT molecular complexity index is 949. The Balaban J connectivity index is 1.28. The normalized spacial score (nSPS) is 16.4. The molecule has 2 heterocycles. The standard InChI is InChI=1S/C23H23N3O3/c1-29-21-11-5-4-10-20(21)25-16-14-24(15-17-25)12-6-7-13-26-22(27)18-8-2-3-9-19(18)23(26)28/h2-5,8-11H,12-17H2,1H3. The second-order valence-corrected chi connectivity index (χ2v) is 7.03. The van der Waals surface area contributed by atoms with Gasteiger partial charge in [0.15, 0.2) is 0 Å². The minimum atomic E-state index is -0.259. The lowest BCUT2D eigenvalue weighted by molar-refractivity contribution is 0.0675. The topological polar surface area (TPSA) is 53.1 Å². The monoisotopic (exact) mass is 389 g/mol. The number of anilines is 1. The first-order valence-electron chi connectivity index (χ1n) is 9.70. The lowest BCUT2D eigenvalue weighted by Gasteiger charge is -2.35. The summed E-state index contributed by atoms with van der Waals surface area (Å²) in [5, 5.41) is 0. The first-order valence-corrected chi connectivity index (χ1v) is 9.70. The van der Waals surface area contributed by atoms with Gasteiger partial charge in [0, 0.05) is 26.2 Å². The molecule has 2 amide bonds. The van der Waals surface area contributed by atoms with Crippen molar-refractivity contribution in [1.82, 2.24) is 9.80 Å². The van der Waals surface area contributed by atoms with Gasteiger partial charge in [-0.15, -0.1) is 0 Å². The van der Waals surface area contributed by atoms with E-state index in [1.54, 1.807) is 31.4 Å². The molecule has 2 aromatic carbocycles. The van der Waals surface area contributed by atoms with Crippen molar-refractivity contribution in [3.63, 3.8) is 0 Å². The van der Waals surface area contributed by atoms with Gasteiger partial charge in [-0.3, -0.25) is 19.4 Å². The van der Waals surface area contributed by atoms with Crippen LogP contribution in [0, 0.1) is 11.8 Å². The summed E-state index contributed by atoms with van der Waals surface area (Å²) in [5.74, 6) is 6.48. The first-order chi connectivity index (χ1) is 14.2. The Hall–Kier alpha value is -3.30. The third-order valence-corrected chi connectivity index (χ3v) is 5.34. The first kappa shape index (κ1) is 19.0. The largest absolute Gasteiger partial charge is 0.495 e. The highest BCUT2D eigenvalue weighted by atomic mass is 16.5. The van der Waals surface area contributed by atoms with Gasteiger partial charge in [-0.25, -0.2) is 0 Å². The molecule has 0 unspecified atom stereocenters. The van der Waals surface area contributed by atoms with Crippen LogP contribution in [0.25, 0.3) is 0 Å². The fraction of sp³-hybridized carbons (Fsp3) is 0.304. The van der Waals surface area contributed by atoms with Gasteiger partial charge in [0.2, 0.25) is 0 Å². The van der Waals surface area contributed by atoms with E-state index in [0.29, 0.717) is 17.7 Å². The van der Waals surface area contributed by atoms with Crippen LogP contribution in [0.15, 0.2) is 48.5 Å². The fourth-order valence-corrected chi connectivity index (χ4v) is 3.72. The molecular weight excluding hydrogens is 366 g/mol. The molecule has 29 heavy (non-hydrogen) atoms. The highest BCUT2D eigenvalue weighted by Crippen LogP contribution is 2.28. The van der Waals surface area contributed by atoms with Crippen LogP contribution in [0.4, 0.5) is 5.69 Å². The Morgan fingerprint density at radius 1 is 0.828 bits per heavy atom. The number of para-hydroxylation sites is 2. The highest BCUT2D eigenvalue weighted by Gasteiger charge is 2.34. The number of rotatable bonds is 4. The van der Waals surface area contributed by atoms with E-state index in [2.05, 4.69) is 27.7 Å². The van der Waals surface area contributed by atoms with E-state index in [9.17, 15) is 9.59 Å². The third kappa shape index (κ3) is 3.82. The quantitative estimate of drug-likeness (QED) is 0.592. The van der Waals surface area contributed by atoms with E-state index in [1.807, 2.05) is 18.2 Å². The van der Waals surface area contributed by atoms with Gasteiger partial charge in [0.25, 0.3) is 11.8 Å². The zero-order chi connectivity index (χ0) is 20.2. The van der Waals surface area contributed by atoms with Crippen molar-refractivity contribution in [3.8, 4) is 17.6 Å². The summed E-state index contributed by atoms with van der Waals surface area (Å²) in [6.45, 7) is 4.37. The molecule has 1 saturated heterocycles. The maximum absolute atomic E-state index is 12.3. The number of carbonyl (C=O) groups is 2. The van der Waals surface area contributed by atoms with Crippen LogP contribution in [-0.2, 0) is 0 Å². The zero-order valence-corrected chi connectivity index (χ0v) is 16.4. The smallest absolute Gasteiger partial charge is 0.262 e. The van der Waals surface area contributed by atoms with Crippen molar-refractivity contribution in [2.45, 2.75) is 0 Å². The van der Waals surface area contributed by atoms with Gasteiger partial charge in [0.05, 0.1) is 37.0 Å². The van der Waals surface area contributed by atoms with E-state index in [1.165, 1.54) is 4.90 Å². The number of amides is 2. The maximum Gasteiger partial charge on any atom is 0.262 e. The number of carbonyl (C=O) groups excluding carboxylic acids is 2. The van der Waals surface area contributed by atoms with Crippen molar-refractivity contribution in [2.75, 3.05) is 51.3 Å². The minimum Gasteiger partial charge on any atom is -0.495 e. The molecule has 0 bridgehead atoms. The lowest BCUT2D eigenvalue weighted by atomic mass is 10.1. The molecule has 6 heteroatoms. The van der Waals surface area contributed by atoms with Gasteiger partial charge < -0.3 is 9.64 Å². The molecule has 0 radical (unpaired) electrons. The molecule has 0 atom stereocenters. The van der Waals surface area contributed by atoms with Crippen molar-refractivity contribution in [2.24, 2.45) is 0 Å². The molecule has 2 aromatic rings. The summed E-state index contributed by atoms with van der Waals surface area (Å²) in [6.07, 6.45) is 0. The van der Waals surface area contributed by atoms with Crippen LogP contribution in [-0.4, -0.2) is 68.0 Å². The van der Waals surface area contributed by atoms with E-state index in [-0.39, 0.29) is 18.4 Å². The number of benzene rings is 2. The Labute approximate surface area is 170 Å². The molecule has 6 nitrogen and oxygen atoms in total. The Kier molecular flexibility index (Phi) is 5.50. The lowest BCUT2D eigenvalue weighted by Crippen LogP contribution is -2.46. The molecule has 2 aliphatic heterocycles. The summed E-state index contributed by atoms with van der Waals surface area (Å²) in [7, 11) is 1.69. The summed E-state index contributed by atoms with van der Waals surface area (Å²) >= 11 is 0. The van der Waals surface area contributed by atoms with Gasteiger partial charge >= 0.3 is 0 Å². The molecule has 0 aromatic heterocycles. The average Bonchev–Trinajstić information content (AvgIpc) is 3.02. The minimum absolute atomic E-state index is 0.132. The molecule has 0 spiro atoms. The Morgan fingerprint density at radius 3 is 2.07 bits per heavy atom. The van der Waals surface area contributed by atoms with Crippen LogP contribution in [0.3, 0.4) is 0 Å². The van der Waals surface area contributed by atoms with Gasteiger partial charge in [-0.2, -0.15) is 0 Å². The molecule has 0 aliphatic carbocycles. The number of methoxy groups -OCH3 is 1. The van der Waals surface area contributed by atoms with Gasteiger partial charge in [-0.05, 0) is 24.3 Å². The van der Waals surface area contributed by atoms with Crippen LogP contribution >= 0.6 is 0 Å². The number of hydrogen-bond acceptors (Lipinski definition) is 5. The number of nitrogens with zero attached hydrogens (tertiary/aromatic N) is 3. The van der Waals surface area contributed by atoms with Crippen LogP contribution in [0.5, 0.6) is 5.75 Å². The van der Waals surface area contributed by atoms with Gasteiger partial charge in [-0.1, -0.05) is 36.1 Å². The molecule has 0 saturated carbocycles. The Morgan fingerprint density at radius 2 is 1.41 bits per heavy atom. The number of imide groups is 1. The summed E-state index contributed by atoms with van der Waals surface area (Å²) in [6, 6.07) is 15.0. The predicted molar refractivity (Wildman–Crippen MR) is 111 cm³/mol. The third-order valence-electron chi connectivity index (χ3n) is 5.34. The number of hydrogen-bond donors (Lipinski definition) is 0. The maximum atomic E-state index is 12.3. The highest BCUT2D eigenvalue weighted by molar-refractivity contribution is 6.21. The van der Waals surface area contributed by atoms with Gasteiger partial charge in [0.1, 0.15) is 5.75 Å². The van der Waals surface area contributed by atoms with E-state index in [0.717, 1.165) is 37.6 Å². The SMILES string of the molecule is COc1ccccc1N1CCN(CC#CCN2C(=O)c3ccccc3C2=O)CC1. The molecule has 148 valence electrons. The zero-order valence-electron chi connectivity index (χ0n) is 16.4. The van der Waals surface area contributed by atoms with Crippen molar-refractivity contribution < 1.29 is 14.3 Å². The molecule has 0 N–H and O–H groups in total. The summed E-state index contributed by atoms with van der Waals surface area (Å²) in [5.41, 5.74) is 2.05. The van der Waals surface area contributed by atoms with Crippen molar-refractivity contribution >= 4 is 17.5 Å². The number of ether oxygens (including phenoxy) is 1. The summed E-state index contributed by atoms with van der Waals surface area (Å²) in [4.78, 5) is 30.5. The average molecular weight is 389 g/mol. The van der Waals surface area contributed by atoms with Crippen LogP contribution < -0.4 is 9.64 Å². The van der Waals surface area contributed by atoms with Crippen LogP contribution in [0.2, 0.25) is 0 Å². The second-order valence-electron chi connectivity index (χ2n) is 7.03. The molecule has 4 rings (SSSR count). The second kappa shape index (κ2) is 8.38. The van der Waals surface area contributed by atoms with E-state index >= 15 is 0 Å². The van der Waals surface area contributed by atoms with E-state index < -0.39 is 0 Å². The predicted octanol–water partition coefficient (Wildman–Crippen LogP) is 2.12. The number of piperazine rings is 1. The molecular formula is C23H23N3O3. The molecule has 2 aliphatic rings. The van der Waals surface area contributed by atoms with E-state index in [4.69, 9.17) is 4.74 Å².